The molecular weight excluding hydrogens is 325 g/mol. The summed E-state index contributed by atoms with van der Waals surface area (Å²) in [6, 6.07) is -0.539. The molecule has 1 aromatic heterocycles. The molecule has 0 saturated carbocycles. The third-order valence-corrected chi connectivity index (χ3v) is 4.08. The number of piperidine rings is 1. The molecule has 2 heterocycles. The highest BCUT2D eigenvalue weighted by Crippen LogP contribution is 2.32. The lowest BCUT2D eigenvalue weighted by atomic mass is 9.97. The van der Waals surface area contributed by atoms with Crippen LogP contribution in [-0.2, 0) is 16.1 Å². The average molecular weight is 346 g/mol. The number of nitrogens with zero attached hydrogens (tertiary/aromatic N) is 3. The number of rotatable bonds is 3. The van der Waals surface area contributed by atoms with E-state index < -0.39 is 24.2 Å². The molecule has 0 aromatic carbocycles. The largest absolute Gasteiger partial charge is 0.408 e. The van der Waals surface area contributed by atoms with E-state index in [1.165, 1.54) is 11.6 Å². The van der Waals surface area contributed by atoms with E-state index in [0.717, 1.165) is 4.90 Å². The van der Waals surface area contributed by atoms with Crippen molar-refractivity contribution in [1.29, 1.82) is 0 Å². The highest BCUT2D eigenvalue weighted by molar-refractivity contribution is 5.77. The Labute approximate surface area is 138 Å². The van der Waals surface area contributed by atoms with Crippen LogP contribution in [0.5, 0.6) is 0 Å². The van der Waals surface area contributed by atoms with Crippen LogP contribution in [0.4, 0.5) is 13.2 Å². The number of alkyl halides is 3. The summed E-state index contributed by atoms with van der Waals surface area (Å²) in [6.45, 7) is 4.39. The van der Waals surface area contributed by atoms with E-state index in [1.807, 2.05) is 0 Å². The fraction of sp³-hybridized carbons (Fsp3) is 0.667. The number of halogens is 3. The lowest BCUT2D eigenvalue weighted by Gasteiger charge is -2.40. The maximum atomic E-state index is 13.3. The zero-order chi connectivity index (χ0) is 18.1. The number of likely N-dealkylation sites (tertiary alicyclic amines) is 1. The van der Waals surface area contributed by atoms with Crippen LogP contribution in [0, 0.1) is 13.8 Å². The molecule has 0 radical (unpaired) electrons. The predicted octanol–water partition coefficient (Wildman–Crippen LogP) is 1.56. The Morgan fingerprint density at radius 2 is 2.00 bits per heavy atom. The van der Waals surface area contributed by atoms with Gasteiger partial charge in [0.25, 0.3) is 0 Å². The third-order valence-electron chi connectivity index (χ3n) is 4.08. The van der Waals surface area contributed by atoms with Gasteiger partial charge in [0.1, 0.15) is 12.6 Å². The first-order valence-corrected chi connectivity index (χ1v) is 7.72. The fourth-order valence-corrected chi connectivity index (χ4v) is 3.05. The molecule has 0 aliphatic carbocycles. The number of aromatic nitrogens is 2. The van der Waals surface area contributed by atoms with Crippen molar-refractivity contribution < 1.29 is 22.8 Å². The smallest absolute Gasteiger partial charge is 0.352 e. The van der Waals surface area contributed by atoms with Gasteiger partial charge in [-0.05, 0) is 32.8 Å². The van der Waals surface area contributed by atoms with Crippen LogP contribution in [0.2, 0.25) is 0 Å². The number of hydrogen-bond donors (Lipinski definition) is 1. The van der Waals surface area contributed by atoms with Crippen LogP contribution in [-0.4, -0.2) is 51.3 Å². The van der Waals surface area contributed by atoms with E-state index in [9.17, 15) is 22.8 Å². The van der Waals surface area contributed by atoms with Gasteiger partial charge in [-0.1, -0.05) is 0 Å². The van der Waals surface area contributed by atoms with Crippen molar-refractivity contribution in [2.45, 2.75) is 58.4 Å². The van der Waals surface area contributed by atoms with Gasteiger partial charge in [-0.15, -0.1) is 0 Å². The second-order valence-corrected chi connectivity index (χ2v) is 6.16. The van der Waals surface area contributed by atoms with Crippen molar-refractivity contribution in [1.82, 2.24) is 20.0 Å². The lowest BCUT2D eigenvalue weighted by molar-refractivity contribution is -0.197. The first-order chi connectivity index (χ1) is 11.1. The Bertz CT molecular complexity index is 627. The highest BCUT2D eigenvalue weighted by atomic mass is 19.4. The summed E-state index contributed by atoms with van der Waals surface area (Å²) < 4.78 is 41.2. The predicted molar refractivity (Wildman–Crippen MR) is 80.1 cm³/mol. The molecule has 1 fully saturated rings. The van der Waals surface area contributed by atoms with E-state index in [4.69, 9.17) is 0 Å². The molecule has 1 aromatic rings. The Hall–Kier alpha value is -2.06. The van der Waals surface area contributed by atoms with Gasteiger partial charge in [0.05, 0.1) is 5.69 Å². The third kappa shape index (κ3) is 4.27. The monoisotopic (exact) mass is 346 g/mol. The minimum absolute atomic E-state index is 0.151. The van der Waals surface area contributed by atoms with Gasteiger partial charge in [-0.25, -0.2) is 0 Å². The Morgan fingerprint density at radius 1 is 1.33 bits per heavy atom. The molecule has 0 bridgehead atoms. The summed E-state index contributed by atoms with van der Waals surface area (Å²) in [4.78, 5) is 24.4. The SMILES string of the molecule is CC(=O)N[C@@H]1CC[C@H](C(F)(F)F)N(C(=O)Cn2nc(C)cc2C)C1. The van der Waals surface area contributed by atoms with Crippen LogP contribution in [0.15, 0.2) is 6.07 Å². The topological polar surface area (TPSA) is 67.2 Å². The van der Waals surface area contributed by atoms with Gasteiger partial charge >= 0.3 is 6.18 Å². The van der Waals surface area contributed by atoms with E-state index in [1.54, 1.807) is 19.9 Å². The minimum atomic E-state index is -4.49. The van der Waals surface area contributed by atoms with Crippen molar-refractivity contribution in [2.24, 2.45) is 0 Å². The van der Waals surface area contributed by atoms with Gasteiger partial charge in [0.15, 0.2) is 0 Å². The Kier molecular flexibility index (Phi) is 5.19. The Balaban J connectivity index is 2.17. The van der Waals surface area contributed by atoms with Crippen LogP contribution in [0.3, 0.4) is 0 Å². The van der Waals surface area contributed by atoms with Crippen molar-refractivity contribution >= 4 is 11.8 Å². The molecule has 1 aliphatic rings. The molecule has 1 saturated heterocycles. The molecule has 9 heteroatoms. The van der Waals surface area contributed by atoms with Gasteiger partial charge in [0.2, 0.25) is 11.8 Å². The maximum Gasteiger partial charge on any atom is 0.408 e. The first-order valence-electron chi connectivity index (χ1n) is 7.72. The average Bonchev–Trinajstić information content (AvgIpc) is 2.74. The summed E-state index contributed by atoms with van der Waals surface area (Å²) >= 11 is 0. The van der Waals surface area contributed by atoms with E-state index >= 15 is 0 Å². The van der Waals surface area contributed by atoms with Gasteiger partial charge < -0.3 is 10.2 Å². The maximum absolute atomic E-state index is 13.3. The van der Waals surface area contributed by atoms with E-state index in [2.05, 4.69) is 10.4 Å². The molecule has 2 amide bonds. The summed E-state index contributed by atoms with van der Waals surface area (Å²) in [5.74, 6) is -0.977. The van der Waals surface area contributed by atoms with Gasteiger partial charge in [-0.2, -0.15) is 18.3 Å². The molecule has 0 unspecified atom stereocenters. The summed E-state index contributed by atoms with van der Waals surface area (Å²) in [6.07, 6.45) is -4.53. The van der Waals surface area contributed by atoms with Gasteiger partial charge in [0, 0.05) is 25.2 Å². The highest BCUT2D eigenvalue weighted by Gasteiger charge is 2.48. The number of aryl methyl sites for hydroxylation is 2. The quantitative estimate of drug-likeness (QED) is 0.903. The van der Waals surface area contributed by atoms with Crippen LogP contribution >= 0.6 is 0 Å². The standard InChI is InChI=1S/C15H21F3N4O2/c1-9-6-10(2)22(20-9)8-14(24)21-7-12(19-11(3)23)4-5-13(21)15(16,17)18/h6,12-13H,4-5,7-8H2,1-3H3,(H,19,23)/t12-,13-/m1/s1. The molecular formula is C15H21F3N4O2. The number of hydrogen-bond acceptors (Lipinski definition) is 3. The minimum Gasteiger partial charge on any atom is -0.352 e. The molecule has 1 aliphatic heterocycles. The van der Waals surface area contributed by atoms with Crippen LogP contribution < -0.4 is 5.32 Å². The first kappa shape index (κ1) is 18.3. The lowest BCUT2D eigenvalue weighted by Crippen LogP contribution is -2.58. The van der Waals surface area contributed by atoms with Crippen molar-refractivity contribution in [2.75, 3.05) is 6.54 Å². The summed E-state index contributed by atoms with van der Waals surface area (Å²) in [5.41, 5.74) is 1.40. The molecule has 1 N–H and O–H groups in total. The molecule has 134 valence electrons. The number of carbonyl (C=O) groups excluding carboxylic acids is 2. The summed E-state index contributed by atoms with van der Waals surface area (Å²) in [7, 11) is 0. The number of amides is 2. The molecule has 6 nitrogen and oxygen atoms in total. The molecule has 0 spiro atoms. The second-order valence-electron chi connectivity index (χ2n) is 6.16. The molecule has 24 heavy (non-hydrogen) atoms. The Morgan fingerprint density at radius 3 is 2.50 bits per heavy atom. The van der Waals surface area contributed by atoms with Crippen molar-refractivity contribution in [3.05, 3.63) is 17.5 Å². The van der Waals surface area contributed by atoms with Crippen LogP contribution in [0.25, 0.3) is 0 Å². The van der Waals surface area contributed by atoms with Crippen molar-refractivity contribution in [3.8, 4) is 0 Å². The second kappa shape index (κ2) is 6.82. The zero-order valence-corrected chi connectivity index (χ0v) is 13.9. The number of nitrogens with one attached hydrogen (secondary N) is 1. The van der Waals surface area contributed by atoms with Crippen molar-refractivity contribution in [3.63, 3.8) is 0 Å². The van der Waals surface area contributed by atoms with Crippen LogP contribution in [0.1, 0.15) is 31.2 Å². The fourth-order valence-electron chi connectivity index (χ4n) is 3.05. The zero-order valence-electron chi connectivity index (χ0n) is 13.9. The normalized spacial score (nSPS) is 21.7. The van der Waals surface area contributed by atoms with E-state index in [-0.39, 0.29) is 31.8 Å². The molecule has 2 rings (SSSR count). The van der Waals surface area contributed by atoms with Gasteiger partial charge in [-0.3, -0.25) is 14.3 Å². The molecule has 2 atom stereocenters. The summed E-state index contributed by atoms with van der Waals surface area (Å²) in [5, 5.41) is 6.71. The number of carbonyl (C=O) groups is 2. The van der Waals surface area contributed by atoms with E-state index in [0.29, 0.717) is 11.4 Å².